The Kier molecular flexibility index (Phi) is 10.0. The number of Topliss-reactive ketones (excluding diaryl/α,β-unsaturated/α-hetero) is 1. The molecule has 10 heteroatoms. The number of hydrogen-bond acceptors (Lipinski definition) is 5. The average molecular weight is 567 g/mol. The van der Waals surface area contributed by atoms with E-state index in [0.29, 0.717) is 5.56 Å². The summed E-state index contributed by atoms with van der Waals surface area (Å²) in [5.41, 5.74) is 1.32. The van der Waals surface area contributed by atoms with E-state index in [4.69, 9.17) is 0 Å². The first kappa shape index (κ1) is 28.5. The van der Waals surface area contributed by atoms with Crippen molar-refractivity contribution in [2.45, 2.75) is 52.7 Å². The van der Waals surface area contributed by atoms with Gasteiger partial charge in [-0.15, -0.1) is 0 Å². The van der Waals surface area contributed by atoms with E-state index >= 15 is 0 Å². The van der Waals surface area contributed by atoms with Gasteiger partial charge < -0.3 is 10.2 Å². The molecular weight excluding hydrogens is 534 g/mol. The summed E-state index contributed by atoms with van der Waals surface area (Å²) in [4.78, 5) is 39.6. The molecule has 0 saturated carbocycles. The van der Waals surface area contributed by atoms with Crippen molar-refractivity contribution in [1.29, 1.82) is 0 Å². The van der Waals surface area contributed by atoms with E-state index in [9.17, 15) is 22.8 Å². The maximum atomic E-state index is 13.5. The first-order valence-corrected chi connectivity index (χ1v) is 13.9. The van der Waals surface area contributed by atoms with Crippen LogP contribution in [0.25, 0.3) is 0 Å². The molecule has 0 unspecified atom stereocenters. The molecule has 0 aromatic heterocycles. The summed E-state index contributed by atoms with van der Waals surface area (Å²) >= 11 is 3.38. The number of nitrogens with one attached hydrogen (secondary N) is 1. The predicted molar refractivity (Wildman–Crippen MR) is 141 cm³/mol. The van der Waals surface area contributed by atoms with Crippen LogP contribution in [0.3, 0.4) is 0 Å². The van der Waals surface area contributed by atoms with Crippen molar-refractivity contribution in [3.05, 3.63) is 64.1 Å². The van der Waals surface area contributed by atoms with E-state index in [0.717, 1.165) is 27.0 Å². The molecule has 1 N–H and O–H groups in total. The number of carbonyl (C=O) groups excluding carboxylic acids is 3. The van der Waals surface area contributed by atoms with Crippen LogP contribution in [0.4, 0.5) is 5.69 Å². The molecule has 0 fully saturated rings. The maximum absolute atomic E-state index is 13.5. The van der Waals surface area contributed by atoms with Gasteiger partial charge in [0.2, 0.25) is 21.8 Å². The van der Waals surface area contributed by atoms with E-state index in [1.54, 1.807) is 19.1 Å². The number of halogens is 1. The van der Waals surface area contributed by atoms with Gasteiger partial charge in [-0.3, -0.25) is 18.7 Å². The van der Waals surface area contributed by atoms with Crippen molar-refractivity contribution in [1.82, 2.24) is 10.2 Å². The summed E-state index contributed by atoms with van der Waals surface area (Å²) in [6.07, 6.45) is 1.73. The molecule has 0 heterocycles. The van der Waals surface area contributed by atoms with Crippen LogP contribution in [-0.2, 0) is 26.2 Å². The topological polar surface area (TPSA) is 104 Å². The summed E-state index contributed by atoms with van der Waals surface area (Å²) < 4.78 is 27.1. The highest BCUT2D eigenvalue weighted by molar-refractivity contribution is 9.10. The van der Waals surface area contributed by atoms with Crippen molar-refractivity contribution in [2.75, 3.05) is 17.1 Å². The minimum absolute atomic E-state index is 0.0728. The quantitative estimate of drug-likeness (QED) is 0.418. The van der Waals surface area contributed by atoms with Gasteiger partial charge in [0.05, 0.1) is 11.9 Å². The fraction of sp³-hybridized carbons (Fsp3) is 0.400. The SMILES string of the molecule is CC[C@@H](C)NC(=O)[C@@H](C)N(Cc1ccc(Br)cc1)C(=O)CN(c1cccc(C(C)=O)c1)S(C)(=O)=O. The molecule has 2 atom stereocenters. The van der Waals surface area contributed by atoms with Crippen molar-refractivity contribution in [3.63, 3.8) is 0 Å². The molecule has 0 aliphatic rings. The Labute approximate surface area is 215 Å². The number of anilines is 1. The molecule has 0 bridgehead atoms. The molecule has 0 aliphatic carbocycles. The van der Waals surface area contributed by atoms with Gasteiger partial charge in [-0.1, -0.05) is 47.1 Å². The Morgan fingerprint density at radius 2 is 1.69 bits per heavy atom. The molecule has 0 aliphatic heterocycles. The lowest BCUT2D eigenvalue weighted by atomic mass is 10.1. The number of ketones is 1. The number of rotatable bonds is 11. The second-order valence-corrected chi connectivity index (χ2v) is 11.3. The Hall–Kier alpha value is -2.72. The van der Waals surface area contributed by atoms with Gasteiger partial charge in [0.15, 0.2) is 5.78 Å². The minimum Gasteiger partial charge on any atom is -0.352 e. The average Bonchev–Trinajstić information content (AvgIpc) is 2.80. The summed E-state index contributed by atoms with van der Waals surface area (Å²) in [6.45, 7) is 6.42. The van der Waals surface area contributed by atoms with Gasteiger partial charge in [0.25, 0.3) is 0 Å². The van der Waals surface area contributed by atoms with Crippen molar-refractivity contribution < 1.29 is 22.8 Å². The smallest absolute Gasteiger partial charge is 0.244 e. The van der Waals surface area contributed by atoms with Crippen molar-refractivity contribution >= 4 is 49.2 Å². The number of carbonyl (C=O) groups is 3. The molecule has 190 valence electrons. The highest BCUT2D eigenvalue weighted by Gasteiger charge is 2.30. The first-order chi connectivity index (χ1) is 16.3. The number of nitrogens with zero attached hydrogens (tertiary/aromatic N) is 2. The number of sulfonamides is 1. The van der Waals surface area contributed by atoms with Crippen LogP contribution in [0.1, 0.15) is 50.0 Å². The van der Waals surface area contributed by atoms with Crippen molar-refractivity contribution in [3.8, 4) is 0 Å². The number of hydrogen-bond donors (Lipinski definition) is 1. The number of amides is 2. The monoisotopic (exact) mass is 565 g/mol. The van der Waals surface area contributed by atoms with E-state index in [1.165, 1.54) is 24.0 Å². The molecule has 35 heavy (non-hydrogen) atoms. The van der Waals surface area contributed by atoms with Gasteiger partial charge >= 0.3 is 0 Å². The van der Waals surface area contributed by atoms with E-state index in [2.05, 4.69) is 21.2 Å². The van der Waals surface area contributed by atoms with E-state index in [-0.39, 0.29) is 30.0 Å². The lowest BCUT2D eigenvalue weighted by molar-refractivity contribution is -0.139. The second-order valence-electron chi connectivity index (χ2n) is 8.52. The van der Waals surface area contributed by atoms with Gasteiger partial charge in [-0.25, -0.2) is 8.42 Å². The zero-order chi connectivity index (χ0) is 26.3. The highest BCUT2D eigenvalue weighted by Crippen LogP contribution is 2.21. The largest absolute Gasteiger partial charge is 0.352 e. The zero-order valence-corrected chi connectivity index (χ0v) is 23.0. The van der Waals surface area contributed by atoms with E-state index in [1.807, 2.05) is 38.1 Å². The highest BCUT2D eigenvalue weighted by atomic mass is 79.9. The summed E-state index contributed by atoms with van der Waals surface area (Å²) in [5.74, 6) is -1.09. The molecule has 0 spiro atoms. The molecule has 2 rings (SSSR count). The summed E-state index contributed by atoms with van der Waals surface area (Å²) in [5, 5.41) is 2.89. The molecular formula is C25H32BrN3O5S. The fourth-order valence-electron chi connectivity index (χ4n) is 3.33. The number of benzene rings is 2. The third-order valence-electron chi connectivity index (χ3n) is 5.65. The Morgan fingerprint density at radius 3 is 2.23 bits per heavy atom. The first-order valence-electron chi connectivity index (χ1n) is 11.3. The van der Waals surface area contributed by atoms with Gasteiger partial charge in [-0.2, -0.15) is 0 Å². The van der Waals surface area contributed by atoms with Gasteiger partial charge in [0.1, 0.15) is 12.6 Å². The summed E-state index contributed by atoms with van der Waals surface area (Å²) in [6, 6.07) is 12.5. The second kappa shape index (κ2) is 12.3. The predicted octanol–water partition coefficient (Wildman–Crippen LogP) is 3.75. The minimum atomic E-state index is -3.87. The van der Waals surface area contributed by atoms with Crippen LogP contribution in [0.2, 0.25) is 0 Å². The van der Waals surface area contributed by atoms with E-state index < -0.39 is 28.5 Å². The van der Waals surface area contributed by atoms with Crippen LogP contribution in [0.5, 0.6) is 0 Å². The van der Waals surface area contributed by atoms with Gasteiger partial charge in [-0.05, 0) is 57.0 Å². The summed E-state index contributed by atoms with van der Waals surface area (Å²) in [7, 11) is -3.87. The molecule has 2 aromatic carbocycles. The third-order valence-corrected chi connectivity index (χ3v) is 7.32. The standard InChI is InChI=1S/C25H32BrN3O5S/c1-6-17(2)27-25(32)18(3)28(15-20-10-12-22(26)13-11-20)24(31)16-29(35(5,33)34)23-9-7-8-21(14-23)19(4)30/h7-14,17-18H,6,15-16H2,1-5H3,(H,27,32)/t17-,18-/m1/s1. The third kappa shape index (κ3) is 8.17. The van der Waals surface area contributed by atoms with Crippen LogP contribution < -0.4 is 9.62 Å². The Balaban J connectivity index is 2.41. The molecule has 2 amide bonds. The Bertz CT molecular complexity index is 1170. The van der Waals surface area contributed by atoms with Crippen LogP contribution >= 0.6 is 15.9 Å². The van der Waals surface area contributed by atoms with Gasteiger partial charge in [0, 0.05) is 22.6 Å². The van der Waals surface area contributed by atoms with Crippen LogP contribution in [0, 0.1) is 0 Å². The molecule has 8 nitrogen and oxygen atoms in total. The molecule has 0 saturated heterocycles. The van der Waals surface area contributed by atoms with Crippen LogP contribution in [-0.4, -0.2) is 55.8 Å². The normalized spacial score (nSPS) is 13.0. The fourth-order valence-corrected chi connectivity index (χ4v) is 4.43. The van der Waals surface area contributed by atoms with Crippen LogP contribution in [0.15, 0.2) is 53.0 Å². The lowest BCUT2D eigenvalue weighted by Crippen LogP contribution is -2.52. The molecule has 0 radical (unpaired) electrons. The lowest BCUT2D eigenvalue weighted by Gasteiger charge is -2.32. The maximum Gasteiger partial charge on any atom is 0.244 e. The molecule has 2 aromatic rings. The Morgan fingerprint density at radius 1 is 1.06 bits per heavy atom. The zero-order valence-electron chi connectivity index (χ0n) is 20.6. The van der Waals surface area contributed by atoms with Crippen molar-refractivity contribution in [2.24, 2.45) is 0 Å².